The van der Waals surface area contributed by atoms with E-state index in [-0.39, 0.29) is 25.6 Å². The number of rotatable bonds is 32. The fourth-order valence-corrected chi connectivity index (χ4v) is 5.39. The van der Waals surface area contributed by atoms with Crippen molar-refractivity contribution < 1.29 is 28.9 Å². The summed E-state index contributed by atoms with van der Waals surface area (Å²) in [5, 5.41) is 9.54. The zero-order chi connectivity index (χ0) is 34.9. The fourth-order valence-electron chi connectivity index (χ4n) is 5.39. The van der Waals surface area contributed by atoms with Gasteiger partial charge in [-0.05, 0) is 57.3 Å². The summed E-state index contributed by atoms with van der Waals surface area (Å²) in [7, 11) is 0. The molecule has 0 saturated carbocycles. The lowest BCUT2D eigenvalue weighted by atomic mass is 10.0. The molecular formula is C42H70O6. The minimum Gasteiger partial charge on any atom is -0.462 e. The van der Waals surface area contributed by atoms with Gasteiger partial charge >= 0.3 is 11.9 Å². The van der Waals surface area contributed by atoms with Crippen LogP contribution in [0, 0.1) is 5.92 Å². The summed E-state index contributed by atoms with van der Waals surface area (Å²) in [5.41, 5.74) is 0. The van der Waals surface area contributed by atoms with E-state index in [4.69, 9.17) is 14.2 Å². The van der Waals surface area contributed by atoms with Gasteiger partial charge in [-0.2, -0.15) is 0 Å². The van der Waals surface area contributed by atoms with Gasteiger partial charge in [0.2, 0.25) is 0 Å². The SMILES string of the molecule is CC/C=C\CC1OC1C/C=C\C/C=C\C/C=C\C/C=C\CCC(=O)O[C@@H](CO)COC(=O)CCCCCCCCCCCCCC(C)C. The summed E-state index contributed by atoms with van der Waals surface area (Å²) in [4.78, 5) is 24.2. The summed E-state index contributed by atoms with van der Waals surface area (Å²) >= 11 is 0. The number of esters is 2. The molecule has 0 aliphatic carbocycles. The van der Waals surface area contributed by atoms with Crippen LogP contribution < -0.4 is 0 Å². The molecule has 0 aromatic rings. The summed E-state index contributed by atoms with van der Waals surface area (Å²) < 4.78 is 16.2. The molecule has 48 heavy (non-hydrogen) atoms. The highest BCUT2D eigenvalue weighted by molar-refractivity contribution is 5.70. The zero-order valence-electron chi connectivity index (χ0n) is 30.8. The van der Waals surface area contributed by atoms with Crippen molar-refractivity contribution in [3.8, 4) is 0 Å². The van der Waals surface area contributed by atoms with Crippen LogP contribution in [0.3, 0.4) is 0 Å². The summed E-state index contributed by atoms with van der Waals surface area (Å²) in [5.74, 6) is 0.132. The first-order valence-electron chi connectivity index (χ1n) is 19.3. The third-order valence-corrected chi connectivity index (χ3v) is 8.42. The maximum atomic E-state index is 12.1. The smallest absolute Gasteiger partial charge is 0.306 e. The van der Waals surface area contributed by atoms with Crippen molar-refractivity contribution >= 4 is 11.9 Å². The first kappa shape index (κ1) is 43.6. The van der Waals surface area contributed by atoms with Crippen LogP contribution in [0.2, 0.25) is 0 Å². The van der Waals surface area contributed by atoms with Gasteiger partial charge in [-0.3, -0.25) is 9.59 Å². The standard InChI is InChI=1S/C42H70O6/c1-4-5-25-31-39-40(48-39)32-27-22-18-14-10-6-7-11-16-20-24-29-34-42(45)47-38(35-43)36-46-41(44)33-28-23-19-15-12-8-9-13-17-21-26-30-37(2)3/h5,7,10-11,14,20,22,24-25,27,37-40,43H,4,6,8-9,12-13,15-19,21,23,26,28-36H2,1-3H3/b11-7-,14-10-,24-20-,25-5-,27-22-/t38-,39?,40?/m0/s1. The number of hydrogen-bond acceptors (Lipinski definition) is 6. The normalized spacial score (nSPS) is 17.2. The monoisotopic (exact) mass is 671 g/mol. The van der Waals surface area contributed by atoms with Gasteiger partial charge in [-0.15, -0.1) is 0 Å². The average Bonchev–Trinajstić information content (AvgIpc) is 3.82. The van der Waals surface area contributed by atoms with E-state index in [1.165, 1.54) is 57.8 Å². The largest absolute Gasteiger partial charge is 0.462 e. The fraction of sp³-hybridized carbons (Fsp3) is 0.714. The average molecular weight is 671 g/mol. The highest BCUT2D eigenvalue weighted by Crippen LogP contribution is 2.29. The number of hydrogen-bond donors (Lipinski definition) is 1. The molecule has 274 valence electrons. The molecule has 0 aromatic carbocycles. The first-order chi connectivity index (χ1) is 23.5. The Kier molecular flexibility index (Phi) is 28.9. The number of epoxide rings is 1. The van der Waals surface area contributed by atoms with Gasteiger partial charge in [-0.1, -0.05) is 152 Å². The molecule has 0 spiro atoms. The Morgan fingerprint density at radius 1 is 0.646 bits per heavy atom. The van der Waals surface area contributed by atoms with Gasteiger partial charge in [-0.25, -0.2) is 0 Å². The molecule has 1 heterocycles. The van der Waals surface area contributed by atoms with E-state index in [0.29, 0.717) is 25.0 Å². The van der Waals surface area contributed by atoms with Crippen molar-refractivity contribution in [1.29, 1.82) is 0 Å². The number of ether oxygens (including phenoxy) is 3. The quantitative estimate of drug-likeness (QED) is 0.0332. The second kappa shape index (κ2) is 31.8. The van der Waals surface area contributed by atoms with E-state index in [1.807, 2.05) is 12.2 Å². The minimum atomic E-state index is -0.815. The van der Waals surface area contributed by atoms with E-state index in [1.54, 1.807) is 0 Å². The molecular weight excluding hydrogens is 600 g/mol. The zero-order valence-corrected chi connectivity index (χ0v) is 30.8. The molecule has 1 aliphatic heterocycles. The number of unbranched alkanes of at least 4 members (excludes halogenated alkanes) is 10. The predicted molar refractivity (Wildman–Crippen MR) is 200 cm³/mol. The van der Waals surface area contributed by atoms with Crippen LogP contribution in [0.25, 0.3) is 0 Å². The van der Waals surface area contributed by atoms with Crippen molar-refractivity contribution in [3.63, 3.8) is 0 Å². The van der Waals surface area contributed by atoms with Gasteiger partial charge in [0.25, 0.3) is 0 Å². The van der Waals surface area contributed by atoms with Crippen LogP contribution in [0.5, 0.6) is 0 Å². The Balaban J connectivity index is 1.95. The Bertz CT molecular complexity index is 930. The Morgan fingerprint density at radius 2 is 1.15 bits per heavy atom. The van der Waals surface area contributed by atoms with E-state index in [0.717, 1.165) is 63.7 Å². The Labute approximate surface area is 294 Å². The number of aliphatic hydroxyl groups excluding tert-OH is 1. The highest BCUT2D eigenvalue weighted by atomic mass is 16.6. The van der Waals surface area contributed by atoms with Gasteiger partial charge < -0.3 is 19.3 Å². The van der Waals surface area contributed by atoms with Crippen LogP contribution in [0.4, 0.5) is 0 Å². The van der Waals surface area contributed by atoms with Gasteiger partial charge in [0.05, 0.1) is 18.8 Å². The molecule has 0 bridgehead atoms. The molecule has 1 rings (SSSR count). The molecule has 6 heteroatoms. The van der Waals surface area contributed by atoms with Crippen molar-refractivity contribution in [2.75, 3.05) is 13.2 Å². The maximum Gasteiger partial charge on any atom is 0.306 e. The van der Waals surface area contributed by atoms with Gasteiger partial charge in [0.1, 0.15) is 6.61 Å². The van der Waals surface area contributed by atoms with Crippen LogP contribution in [-0.2, 0) is 23.8 Å². The second-order valence-electron chi connectivity index (χ2n) is 13.5. The van der Waals surface area contributed by atoms with Crippen LogP contribution in [0.15, 0.2) is 60.8 Å². The first-order valence-corrected chi connectivity index (χ1v) is 19.3. The molecule has 0 aromatic heterocycles. The number of allylic oxidation sites excluding steroid dienone is 8. The third-order valence-electron chi connectivity index (χ3n) is 8.42. The van der Waals surface area contributed by atoms with E-state index in [2.05, 4.69) is 69.4 Å². The molecule has 0 radical (unpaired) electrons. The van der Waals surface area contributed by atoms with Crippen molar-refractivity contribution in [1.82, 2.24) is 0 Å². The lowest BCUT2D eigenvalue weighted by Gasteiger charge is -2.15. The van der Waals surface area contributed by atoms with Crippen LogP contribution in [0.1, 0.15) is 156 Å². The Hall–Kier alpha value is -2.44. The molecule has 1 N–H and O–H groups in total. The second-order valence-corrected chi connectivity index (χ2v) is 13.5. The Morgan fingerprint density at radius 3 is 1.69 bits per heavy atom. The number of carbonyl (C=O) groups excluding carboxylic acids is 2. The van der Waals surface area contributed by atoms with Crippen molar-refractivity contribution in [3.05, 3.63) is 60.8 Å². The van der Waals surface area contributed by atoms with Crippen molar-refractivity contribution in [2.45, 2.75) is 174 Å². The summed E-state index contributed by atoms with van der Waals surface area (Å²) in [6.45, 7) is 6.28. The summed E-state index contributed by atoms with van der Waals surface area (Å²) in [6, 6.07) is 0. The van der Waals surface area contributed by atoms with Crippen molar-refractivity contribution in [2.24, 2.45) is 5.92 Å². The predicted octanol–water partition coefficient (Wildman–Crippen LogP) is 10.9. The molecule has 1 fully saturated rings. The topological polar surface area (TPSA) is 85.4 Å². The number of carbonyl (C=O) groups is 2. The van der Waals surface area contributed by atoms with Crippen LogP contribution in [-0.4, -0.2) is 48.6 Å². The molecule has 1 saturated heterocycles. The lowest BCUT2D eigenvalue weighted by Crippen LogP contribution is -2.28. The van der Waals surface area contributed by atoms with Gasteiger partial charge in [0.15, 0.2) is 6.10 Å². The maximum absolute atomic E-state index is 12.1. The van der Waals surface area contributed by atoms with Gasteiger partial charge in [0, 0.05) is 12.8 Å². The number of aliphatic hydroxyl groups is 1. The lowest BCUT2D eigenvalue weighted by molar-refractivity contribution is -0.161. The molecule has 2 unspecified atom stereocenters. The molecule has 3 atom stereocenters. The molecule has 0 amide bonds. The van der Waals surface area contributed by atoms with E-state index in [9.17, 15) is 14.7 Å². The van der Waals surface area contributed by atoms with E-state index >= 15 is 0 Å². The third kappa shape index (κ3) is 28.6. The van der Waals surface area contributed by atoms with E-state index < -0.39 is 12.1 Å². The van der Waals surface area contributed by atoms with Crippen LogP contribution >= 0.6 is 0 Å². The summed E-state index contributed by atoms with van der Waals surface area (Å²) in [6.07, 6.45) is 43.3. The molecule has 6 nitrogen and oxygen atoms in total. The highest BCUT2D eigenvalue weighted by Gasteiger charge is 2.35. The minimum absolute atomic E-state index is 0.100. The molecule has 1 aliphatic rings.